The van der Waals surface area contributed by atoms with Crippen LogP contribution in [0.5, 0.6) is 0 Å². The van der Waals surface area contributed by atoms with Gasteiger partial charge in [-0.05, 0) is 44.1 Å². The predicted molar refractivity (Wildman–Crippen MR) is 84.4 cm³/mol. The number of likely N-dealkylation sites (N-methyl/N-ethyl adjacent to an activating group) is 1. The molecule has 0 aliphatic carbocycles. The first-order valence-corrected chi connectivity index (χ1v) is 8.93. The normalized spacial score (nSPS) is 20.0. The van der Waals surface area contributed by atoms with Gasteiger partial charge in [0.2, 0.25) is 10.0 Å². The molecule has 7 nitrogen and oxygen atoms in total. The van der Waals surface area contributed by atoms with Gasteiger partial charge in [-0.1, -0.05) is 6.92 Å². The van der Waals surface area contributed by atoms with Crippen molar-refractivity contribution < 1.29 is 8.42 Å². The minimum absolute atomic E-state index is 0.163. The third-order valence-corrected chi connectivity index (χ3v) is 5.63. The number of fused-ring (bicyclic) bond motifs is 1. The van der Waals surface area contributed by atoms with E-state index < -0.39 is 10.0 Å². The van der Waals surface area contributed by atoms with E-state index >= 15 is 0 Å². The maximum absolute atomic E-state index is 12.4. The van der Waals surface area contributed by atoms with Crippen molar-refractivity contribution in [3.05, 3.63) is 28.7 Å². The van der Waals surface area contributed by atoms with Gasteiger partial charge in [0.15, 0.2) is 0 Å². The zero-order valence-corrected chi connectivity index (χ0v) is 13.2. The van der Waals surface area contributed by atoms with Crippen molar-refractivity contribution in [1.29, 1.82) is 0 Å². The summed E-state index contributed by atoms with van der Waals surface area (Å²) >= 11 is 0. The van der Waals surface area contributed by atoms with Crippen molar-refractivity contribution in [3.63, 3.8) is 0 Å². The largest absolute Gasteiger partial charge is 0.323 e. The van der Waals surface area contributed by atoms with Crippen LogP contribution in [0.1, 0.15) is 19.8 Å². The SMILES string of the molecule is CCN1CCC[C@@H]1CNS(=O)(=O)c1ccc2[nH]c(=O)[nH]c2c1. The highest BCUT2D eigenvalue weighted by atomic mass is 32.2. The Kier molecular flexibility index (Phi) is 4.07. The van der Waals surface area contributed by atoms with E-state index in [4.69, 9.17) is 0 Å². The molecule has 3 N–H and O–H groups in total. The van der Waals surface area contributed by atoms with Crippen LogP contribution in [0.3, 0.4) is 0 Å². The highest BCUT2D eigenvalue weighted by Crippen LogP contribution is 2.18. The fraction of sp³-hybridized carbons (Fsp3) is 0.500. The molecule has 0 saturated carbocycles. The van der Waals surface area contributed by atoms with Gasteiger partial charge in [-0.3, -0.25) is 4.90 Å². The Balaban J connectivity index is 1.77. The molecule has 0 bridgehead atoms. The molecule has 0 unspecified atom stereocenters. The molecule has 0 amide bonds. The van der Waals surface area contributed by atoms with Gasteiger partial charge in [0, 0.05) is 12.6 Å². The Morgan fingerprint density at radius 2 is 2.09 bits per heavy atom. The minimum atomic E-state index is -3.57. The van der Waals surface area contributed by atoms with Gasteiger partial charge in [-0.15, -0.1) is 0 Å². The van der Waals surface area contributed by atoms with Gasteiger partial charge < -0.3 is 9.97 Å². The Morgan fingerprint density at radius 1 is 1.32 bits per heavy atom. The number of hydrogen-bond acceptors (Lipinski definition) is 4. The van der Waals surface area contributed by atoms with E-state index in [9.17, 15) is 13.2 Å². The number of nitrogens with one attached hydrogen (secondary N) is 3. The van der Waals surface area contributed by atoms with Crippen LogP contribution in [0.15, 0.2) is 27.9 Å². The highest BCUT2D eigenvalue weighted by Gasteiger charge is 2.25. The van der Waals surface area contributed by atoms with Gasteiger partial charge in [0.05, 0.1) is 15.9 Å². The molecule has 1 atom stereocenters. The van der Waals surface area contributed by atoms with E-state index in [2.05, 4.69) is 26.5 Å². The quantitative estimate of drug-likeness (QED) is 0.751. The maximum Gasteiger partial charge on any atom is 0.323 e. The first-order chi connectivity index (χ1) is 10.5. The number of aromatic nitrogens is 2. The molecule has 1 aromatic heterocycles. The van der Waals surface area contributed by atoms with Crippen molar-refractivity contribution in [2.45, 2.75) is 30.7 Å². The first-order valence-electron chi connectivity index (χ1n) is 7.45. The summed E-state index contributed by atoms with van der Waals surface area (Å²) in [7, 11) is -3.57. The molecule has 2 aromatic rings. The standard InChI is InChI=1S/C14H20N4O3S/c1-2-18-7-3-4-10(18)9-15-22(20,21)11-5-6-12-13(8-11)17-14(19)16-12/h5-6,8,10,15H,2-4,7,9H2,1H3,(H2,16,17,19)/t10-/m1/s1. The number of likely N-dealkylation sites (tertiary alicyclic amines) is 1. The van der Waals surface area contributed by atoms with Crippen molar-refractivity contribution in [3.8, 4) is 0 Å². The van der Waals surface area contributed by atoms with E-state index in [0.717, 1.165) is 25.9 Å². The molecule has 1 aromatic carbocycles. The van der Waals surface area contributed by atoms with Gasteiger partial charge in [0.25, 0.3) is 0 Å². The molecule has 2 heterocycles. The molecule has 1 fully saturated rings. The van der Waals surface area contributed by atoms with Crippen LogP contribution >= 0.6 is 0 Å². The van der Waals surface area contributed by atoms with Crippen LogP contribution in [-0.4, -0.2) is 49.0 Å². The molecule has 3 rings (SSSR count). The van der Waals surface area contributed by atoms with Crippen LogP contribution in [0.2, 0.25) is 0 Å². The lowest BCUT2D eigenvalue weighted by Crippen LogP contribution is -2.39. The van der Waals surface area contributed by atoms with E-state index in [-0.39, 0.29) is 16.6 Å². The molecule has 8 heteroatoms. The summed E-state index contributed by atoms with van der Waals surface area (Å²) in [5.41, 5.74) is 0.739. The lowest BCUT2D eigenvalue weighted by molar-refractivity contribution is 0.268. The summed E-state index contributed by atoms with van der Waals surface area (Å²) in [6.45, 7) is 4.46. The second-order valence-electron chi connectivity index (χ2n) is 5.56. The van der Waals surface area contributed by atoms with Gasteiger partial charge in [-0.2, -0.15) is 0 Å². The Hall–Kier alpha value is -1.64. The van der Waals surface area contributed by atoms with Crippen LogP contribution in [-0.2, 0) is 10.0 Å². The second-order valence-corrected chi connectivity index (χ2v) is 7.33. The van der Waals surface area contributed by atoms with Gasteiger partial charge in [0.1, 0.15) is 0 Å². The number of H-pyrrole nitrogens is 2. The number of hydrogen-bond donors (Lipinski definition) is 3. The molecule has 0 radical (unpaired) electrons. The van der Waals surface area contributed by atoms with Crippen molar-refractivity contribution >= 4 is 21.1 Å². The van der Waals surface area contributed by atoms with E-state index in [1.165, 1.54) is 12.1 Å². The van der Waals surface area contributed by atoms with Crippen LogP contribution in [0.25, 0.3) is 11.0 Å². The summed E-state index contributed by atoms with van der Waals surface area (Å²) in [6.07, 6.45) is 2.12. The molecule has 1 aliphatic heterocycles. The van der Waals surface area contributed by atoms with E-state index in [0.29, 0.717) is 17.6 Å². The second kappa shape index (κ2) is 5.86. The molecule has 1 saturated heterocycles. The number of nitrogens with zero attached hydrogens (tertiary/aromatic N) is 1. The molecule has 1 aliphatic rings. The molecular formula is C14H20N4O3S. The fourth-order valence-corrected chi connectivity index (χ4v) is 4.11. The smallest absolute Gasteiger partial charge is 0.306 e. The van der Waals surface area contributed by atoms with Crippen LogP contribution in [0.4, 0.5) is 0 Å². The summed E-state index contributed by atoms with van der Waals surface area (Å²) < 4.78 is 27.5. The Bertz CT molecular complexity index is 824. The summed E-state index contributed by atoms with van der Waals surface area (Å²) in [5.74, 6) is 0. The van der Waals surface area contributed by atoms with Crippen molar-refractivity contribution in [2.75, 3.05) is 19.6 Å². The predicted octanol–water partition coefficient (Wildman–Crippen LogP) is 0.619. The highest BCUT2D eigenvalue weighted by molar-refractivity contribution is 7.89. The first kappa shape index (κ1) is 15.3. The van der Waals surface area contributed by atoms with E-state index in [1.54, 1.807) is 6.07 Å². The zero-order chi connectivity index (χ0) is 15.7. The number of rotatable bonds is 5. The topological polar surface area (TPSA) is 98.1 Å². The average Bonchev–Trinajstić information content (AvgIpc) is 3.08. The van der Waals surface area contributed by atoms with Crippen molar-refractivity contribution in [2.24, 2.45) is 0 Å². The summed E-state index contributed by atoms with van der Waals surface area (Å²) in [6, 6.07) is 4.83. The lowest BCUT2D eigenvalue weighted by Gasteiger charge is -2.22. The van der Waals surface area contributed by atoms with Crippen molar-refractivity contribution in [1.82, 2.24) is 19.6 Å². The third kappa shape index (κ3) is 2.94. The average molecular weight is 324 g/mol. The molecule has 120 valence electrons. The van der Waals surface area contributed by atoms with Crippen LogP contribution < -0.4 is 10.4 Å². The minimum Gasteiger partial charge on any atom is -0.306 e. The number of aromatic amines is 2. The fourth-order valence-electron chi connectivity index (χ4n) is 3.01. The number of imidazole rings is 1. The summed E-state index contributed by atoms with van der Waals surface area (Å²) in [4.78, 5) is 18.9. The third-order valence-electron chi connectivity index (χ3n) is 4.21. The zero-order valence-electron chi connectivity index (χ0n) is 12.4. The molecule has 0 spiro atoms. The summed E-state index contributed by atoms with van der Waals surface area (Å²) in [5, 5.41) is 0. The monoisotopic (exact) mass is 324 g/mol. The number of benzene rings is 1. The van der Waals surface area contributed by atoms with Crippen LogP contribution in [0, 0.1) is 0 Å². The number of sulfonamides is 1. The van der Waals surface area contributed by atoms with Gasteiger partial charge in [-0.25, -0.2) is 17.9 Å². The maximum atomic E-state index is 12.4. The lowest BCUT2D eigenvalue weighted by atomic mass is 10.2. The molecular weight excluding hydrogens is 304 g/mol. The molecule has 22 heavy (non-hydrogen) atoms. The Morgan fingerprint density at radius 3 is 2.86 bits per heavy atom. The Labute approximate surface area is 128 Å². The van der Waals surface area contributed by atoms with E-state index in [1.807, 2.05) is 0 Å². The van der Waals surface area contributed by atoms with Gasteiger partial charge >= 0.3 is 5.69 Å².